The Kier molecular flexibility index (Phi) is 6.13. The summed E-state index contributed by atoms with van der Waals surface area (Å²) in [6, 6.07) is 12.8. The maximum atomic E-state index is 13.2. The molecule has 0 radical (unpaired) electrons. The molecule has 0 aliphatic rings. The van der Waals surface area contributed by atoms with E-state index in [1.165, 1.54) is 6.33 Å². The van der Waals surface area contributed by atoms with Crippen molar-refractivity contribution in [2.24, 2.45) is 0 Å². The van der Waals surface area contributed by atoms with Gasteiger partial charge in [0.25, 0.3) is 5.91 Å². The molecular formula is C23H22ClN7O. The molecule has 162 valence electrons. The Hall–Kier alpha value is -3.78. The molecule has 0 bridgehead atoms. The second kappa shape index (κ2) is 9.15. The predicted molar refractivity (Wildman–Crippen MR) is 124 cm³/mol. The van der Waals surface area contributed by atoms with Crippen molar-refractivity contribution < 1.29 is 4.79 Å². The summed E-state index contributed by atoms with van der Waals surface area (Å²) in [7, 11) is 3.78. The summed E-state index contributed by atoms with van der Waals surface area (Å²) >= 11 is 6.06. The number of rotatable bonds is 6. The molecule has 0 aliphatic heterocycles. The second-order valence-corrected chi connectivity index (χ2v) is 7.90. The Balaban J connectivity index is 1.75. The molecule has 0 spiro atoms. The van der Waals surface area contributed by atoms with Crippen LogP contribution < -0.4 is 10.2 Å². The van der Waals surface area contributed by atoms with Crippen LogP contribution in [0.15, 0.2) is 67.4 Å². The summed E-state index contributed by atoms with van der Waals surface area (Å²) in [5.74, 6) is 0.421. The topological polar surface area (TPSA) is 88.8 Å². The summed E-state index contributed by atoms with van der Waals surface area (Å²) in [5.41, 5.74) is 3.68. The van der Waals surface area contributed by atoms with E-state index in [0.29, 0.717) is 22.2 Å². The van der Waals surface area contributed by atoms with Gasteiger partial charge in [-0.05, 0) is 48.4 Å². The first-order chi connectivity index (χ1) is 15.4. The van der Waals surface area contributed by atoms with Gasteiger partial charge in [-0.15, -0.1) is 0 Å². The van der Waals surface area contributed by atoms with Crippen LogP contribution in [0.5, 0.6) is 0 Å². The first kappa shape index (κ1) is 21.5. The van der Waals surface area contributed by atoms with Crippen LogP contribution in [0.2, 0.25) is 5.02 Å². The largest absolute Gasteiger partial charge is 0.347 e. The molecule has 1 amide bonds. The van der Waals surface area contributed by atoms with Gasteiger partial charge in [0.05, 0.1) is 23.6 Å². The van der Waals surface area contributed by atoms with Gasteiger partial charge in [-0.25, -0.2) is 0 Å². The molecule has 0 aliphatic carbocycles. The number of benzene rings is 2. The number of amides is 1. The van der Waals surface area contributed by atoms with Crippen molar-refractivity contribution in [3.8, 4) is 16.8 Å². The van der Waals surface area contributed by atoms with Gasteiger partial charge in [0.2, 0.25) is 5.95 Å². The fourth-order valence-electron chi connectivity index (χ4n) is 3.28. The molecule has 0 saturated carbocycles. The Bertz CT molecular complexity index is 1220. The summed E-state index contributed by atoms with van der Waals surface area (Å²) < 4.78 is 1.70. The molecule has 2 aromatic heterocycles. The van der Waals surface area contributed by atoms with E-state index in [4.69, 9.17) is 11.6 Å². The third kappa shape index (κ3) is 4.60. The number of anilines is 1. The Morgan fingerprint density at radius 2 is 1.84 bits per heavy atom. The smallest absolute Gasteiger partial charge is 0.251 e. The van der Waals surface area contributed by atoms with Crippen LogP contribution in [0.4, 0.5) is 5.95 Å². The van der Waals surface area contributed by atoms with E-state index in [9.17, 15) is 4.79 Å². The average molecular weight is 448 g/mol. The van der Waals surface area contributed by atoms with E-state index in [0.717, 1.165) is 16.8 Å². The van der Waals surface area contributed by atoms with Crippen LogP contribution >= 0.6 is 11.6 Å². The zero-order chi connectivity index (χ0) is 22.7. The van der Waals surface area contributed by atoms with E-state index < -0.39 is 0 Å². The Morgan fingerprint density at radius 1 is 1.06 bits per heavy atom. The predicted octanol–water partition coefficient (Wildman–Crippen LogP) is 3.93. The molecule has 9 heteroatoms. The number of carbonyl (C=O) groups excluding carboxylic acids is 1. The maximum absolute atomic E-state index is 13.2. The number of nitrogens with one attached hydrogen (secondary N) is 1. The maximum Gasteiger partial charge on any atom is 0.251 e. The van der Waals surface area contributed by atoms with Crippen molar-refractivity contribution in [3.63, 3.8) is 0 Å². The number of halogens is 1. The van der Waals surface area contributed by atoms with Crippen molar-refractivity contribution in [1.29, 1.82) is 0 Å². The van der Waals surface area contributed by atoms with Crippen molar-refractivity contribution in [1.82, 2.24) is 30.0 Å². The second-order valence-electron chi connectivity index (χ2n) is 7.47. The van der Waals surface area contributed by atoms with E-state index >= 15 is 0 Å². The molecule has 0 fully saturated rings. The molecule has 1 atom stereocenters. The number of nitrogens with zero attached hydrogens (tertiary/aromatic N) is 6. The summed E-state index contributed by atoms with van der Waals surface area (Å²) in [6.07, 6.45) is 6.32. The van der Waals surface area contributed by atoms with Crippen LogP contribution in [-0.2, 0) is 0 Å². The first-order valence-corrected chi connectivity index (χ1v) is 10.4. The van der Waals surface area contributed by atoms with Gasteiger partial charge < -0.3 is 10.2 Å². The van der Waals surface area contributed by atoms with Gasteiger partial charge in [0.15, 0.2) is 0 Å². The van der Waals surface area contributed by atoms with Crippen molar-refractivity contribution >= 4 is 23.5 Å². The lowest BCUT2D eigenvalue weighted by atomic mass is 10.0. The quantitative estimate of drug-likeness (QED) is 0.481. The Morgan fingerprint density at radius 3 is 2.53 bits per heavy atom. The third-order valence-corrected chi connectivity index (χ3v) is 5.16. The highest BCUT2D eigenvalue weighted by atomic mass is 35.5. The first-order valence-electron chi connectivity index (χ1n) is 9.98. The molecule has 32 heavy (non-hydrogen) atoms. The van der Waals surface area contributed by atoms with E-state index in [1.807, 2.05) is 62.3 Å². The number of hydrogen-bond donors (Lipinski definition) is 1. The zero-order valence-electron chi connectivity index (χ0n) is 17.9. The molecular weight excluding hydrogens is 426 g/mol. The highest BCUT2D eigenvalue weighted by Crippen LogP contribution is 2.27. The van der Waals surface area contributed by atoms with Crippen LogP contribution in [-0.4, -0.2) is 44.7 Å². The molecule has 0 saturated heterocycles. The fourth-order valence-corrected chi connectivity index (χ4v) is 3.41. The minimum Gasteiger partial charge on any atom is -0.347 e. The van der Waals surface area contributed by atoms with Gasteiger partial charge in [-0.3, -0.25) is 14.8 Å². The normalized spacial score (nSPS) is 11.8. The highest BCUT2D eigenvalue weighted by molar-refractivity contribution is 6.30. The van der Waals surface area contributed by atoms with Gasteiger partial charge in [0.1, 0.15) is 6.33 Å². The molecule has 4 rings (SSSR count). The van der Waals surface area contributed by atoms with Crippen molar-refractivity contribution in [2.75, 3.05) is 19.0 Å². The monoisotopic (exact) mass is 447 g/mol. The summed E-state index contributed by atoms with van der Waals surface area (Å²) in [6.45, 7) is 1.87. The van der Waals surface area contributed by atoms with Crippen LogP contribution in [0.3, 0.4) is 0 Å². The molecule has 4 aromatic rings. The molecule has 1 N–H and O–H groups in total. The molecule has 2 aromatic carbocycles. The standard InChI is InChI=1S/C23H22ClN7O/c1-15(21-13-25-8-9-26-21)29-22(32)18-10-17(16-4-6-19(24)7-5-16)11-20(12-18)31-23(30(2)3)27-14-28-31/h4-15H,1-3H3,(H,29,32). The summed E-state index contributed by atoms with van der Waals surface area (Å²) in [4.78, 5) is 27.7. The SMILES string of the molecule is CC(NC(=O)c1cc(-c2ccc(Cl)cc2)cc(-n2ncnc2N(C)C)c1)c1cnccn1. The van der Waals surface area contributed by atoms with E-state index in [1.54, 1.807) is 29.3 Å². The van der Waals surface area contributed by atoms with Crippen molar-refractivity contribution in [3.05, 3.63) is 83.7 Å². The van der Waals surface area contributed by atoms with Crippen LogP contribution in [0.25, 0.3) is 16.8 Å². The van der Waals surface area contributed by atoms with Gasteiger partial charge in [0, 0.05) is 37.1 Å². The highest BCUT2D eigenvalue weighted by Gasteiger charge is 2.17. The van der Waals surface area contributed by atoms with E-state index in [-0.39, 0.29) is 11.9 Å². The van der Waals surface area contributed by atoms with Crippen LogP contribution in [0, 0.1) is 0 Å². The third-order valence-electron chi connectivity index (χ3n) is 4.91. The van der Waals surface area contributed by atoms with Crippen molar-refractivity contribution in [2.45, 2.75) is 13.0 Å². The van der Waals surface area contributed by atoms with Gasteiger partial charge in [-0.2, -0.15) is 14.8 Å². The number of aromatic nitrogens is 5. The summed E-state index contributed by atoms with van der Waals surface area (Å²) in [5, 5.41) is 8.00. The Labute approximate surface area is 190 Å². The van der Waals surface area contributed by atoms with E-state index in [2.05, 4.69) is 25.4 Å². The lowest BCUT2D eigenvalue weighted by Gasteiger charge is -2.16. The molecule has 8 nitrogen and oxygen atoms in total. The fraction of sp³-hybridized carbons (Fsp3) is 0.174. The minimum absolute atomic E-state index is 0.230. The average Bonchev–Trinajstić information content (AvgIpc) is 3.30. The molecule has 1 unspecified atom stereocenters. The number of carbonyl (C=O) groups is 1. The van der Waals surface area contributed by atoms with Crippen LogP contribution in [0.1, 0.15) is 29.0 Å². The number of hydrogen-bond acceptors (Lipinski definition) is 6. The zero-order valence-corrected chi connectivity index (χ0v) is 18.7. The van der Waals surface area contributed by atoms with Gasteiger partial charge in [-0.1, -0.05) is 23.7 Å². The molecule has 2 heterocycles. The lowest BCUT2D eigenvalue weighted by Crippen LogP contribution is -2.27. The minimum atomic E-state index is -0.303. The van der Waals surface area contributed by atoms with Gasteiger partial charge >= 0.3 is 0 Å². The lowest BCUT2D eigenvalue weighted by molar-refractivity contribution is 0.0939.